The van der Waals surface area contributed by atoms with Gasteiger partial charge in [0, 0.05) is 19.2 Å². The molecule has 3 aromatic heterocycles. The van der Waals surface area contributed by atoms with Crippen molar-refractivity contribution >= 4 is 51.2 Å². The molecule has 0 bridgehead atoms. The molecule has 5 aromatic rings. The molecule has 0 aliphatic rings. The van der Waals surface area contributed by atoms with E-state index in [-0.39, 0.29) is 57.3 Å². The van der Waals surface area contributed by atoms with Gasteiger partial charge in [0.25, 0.3) is 15.7 Å². The zero-order chi connectivity index (χ0) is 43.7. The average molecular weight is 872 g/mol. The first-order valence-electron chi connectivity index (χ1n) is 16.0. The van der Waals surface area contributed by atoms with E-state index in [4.69, 9.17) is 30.5 Å². The Hall–Kier alpha value is -7.16. The number of hydrogen-bond acceptors (Lipinski definition) is 18. The number of sulfonamides is 1. The Morgan fingerprint density at radius 2 is 1.68 bits per heavy atom. The van der Waals surface area contributed by atoms with Gasteiger partial charge < -0.3 is 23.7 Å². The lowest BCUT2D eigenvalue weighted by atomic mass is 10.1. The predicted octanol–water partition coefficient (Wildman–Crippen LogP) is 3.71. The quantitative estimate of drug-likeness (QED) is 0.0968. The van der Waals surface area contributed by atoms with Gasteiger partial charge in [-0.2, -0.15) is 41.5 Å². The first-order valence-corrected chi connectivity index (χ1v) is 17.8. The summed E-state index contributed by atoms with van der Waals surface area (Å²) in [6.45, 7) is 0.825. The number of methoxy groups -OCH3 is 2. The molecule has 314 valence electrons. The molecule has 0 unspecified atom stereocenters. The van der Waals surface area contributed by atoms with Crippen molar-refractivity contribution in [2.45, 2.75) is 18.1 Å². The van der Waals surface area contributed by atoms with Gasteiger partial charge in [-0.05, 0) is 36.4 Å². The number of tetrazole rings is 1. The fourth-order valence-corrected chi connectivity index (χ4v) is 5.89. The Morgan fingerprint density at radius 3 is 2.24 bits per heavy atom. The van der Waals surface area contributed by atoms with Crippen LogP contribution >= 0.6 is 11.6 Å². The zero-order valence-corrected chi connectivity index (χ0v) is 32.4. The average Bonchev–Trinajstić information content (AvgIpc) is 3.79. The Kier molecular flexibility index (Phi) is 14.2. The largest absolute Gasteiger partial charge is 0.481 e. The van der Waals surface area contributed by atoms with Gasteiger partial charge in [0.2, 0.25) is 23.5 Å². The number of alkyl halides is 3. The number of carbonyl (C=O) groups is 3. The third-order valence-corrected chi connectivity index (χ3v) is 8.68. The number of anilines is 1. The second-order valence-corrected chi connectivity index (χ2v) is 13.0. The maximum Gasteiger partial charge on any atom is 0.416 e. The van der Waals surface area contributed by atoms with Crippen LogP contribution in [0.3, 0.4) is 0 Å². The lowest BCUT2D eigenvalue weighted by molar-refractivity contribution is -0.385. The summed E-state index contributed by atoms with van der Waals surface area (Å²) in [5.74, 6) is -2.34. The predicted molar refractivity (Wildman–Crippen MR) is 192 cm³/mol. The third-order valence-electron chi connectivity index (χ3n) is 6.94. The molecule has 0 aliphatic carbocycles. The van der Waals surface area contributed by atoms with E-state index in [9.17, 15) is 46.1 Å². The molecule has 59 heavy (non-hydrogen) atoms. The second kappa shape index (κ2) is 18.9. The Bertz CT molecular complexity index is 2460. The van der Waals surface area contributed by atoms with Crippen LogP contribution < -0.4 is 24.2 Å². The molecule has 0 atom stereocenters. The number of esters is 2. The number of amides is 2. The van der Waals surface area contributed by atoms with E-state index in [2.05, 4.69) is 40.5 Å². The molecule has 0 aliphatic heterocycles. The number of rotatable bonds is 13. The molecule has 3 heterocycles. The molecule has 28 heteroatoms. The molecule has 23 nitrogen and oxygen atoms in total. The number of hydrogen-bond donors (Lipinski definition) is 2. The smallest absolute Gasteiger partial charge is 0.416 e. The molecule has 0 spiro atoms. The Labute approximate surface area is 334 Å². The van der Waals surface area contributed by atoms with Crippen molar-refractivity contribution in [2.75, 3.05) is 32.8 Å². The summed E-state index contributed by atoms with van der Waals surface area (Å²) in [5.41, 5.74) is -2.09. The van der Waals surface area contributed by atoms with E-state index < -0.39 is 62.5 Å². The molecule has 5 rings (SSSR count). The van der Waals surface area contributed by atoms with E-state index in [1.54, 1.807) is 0 Å². The highest BCUT2D eigenvalue weighted by Crippen LogP contribution is 2.37. The number of aromatic nitrogens is 8. The minimum Gasteiger partial charge on any atom is -0.481 e. The summed E-state index contributed by atoms with van der Waals surface area (Å²) in [7, 11) is 1.27. The summed E-state index contributed by atoms with van der Waals surface area (Å²) < 4.78 is 91.1. The standard InChI is InChI=1S/C18H13ClF3NO7.C13H16N10O5S/c1-2-28-16(24)9-29-17(25)12-8-11(4-5-14(12)23(26)27)30-15-6-3-10(7-13(15)19)18(20,21)22;1-22-11(7(6-14-22)10-18-21-23(2)19-10)29(25,26)20-13(24)17-12-15-8(27-3)5-9(16-12)28-4/h3-8H,2,9H2,1H3;5-6H,1-4H3,(H2,15,16,17,20,24). The number of benzene rings is 2. The van der Waals surface area contributed by atoms with Gasteiger partial charge in [0.05, 0.1) is 61.2 Å². The molecule has 2 amide bonds. The van der Waals surface area contributed by atoms with E-state index in [0.29, 0.717) is 6.07 Å². The molecule has 2 N–H and O–H groups in total. The molecule has 0 saturated carbocycles. The van der Waals surface area contributed by atoms with Crippen LogP contribution in [-0.4, -0.2) is 98.7 Å². The van der Waals surface area contributed by atoms with Gasteiger partial charge in [-0.15, -0.1) is 10.2 Å². The van der Waals surface area contributed by atoms with Gasteiger partial charge in [0.15, 0.2) is 11.6 Å². The van der Waals surface area contributed by atoms with Gasteiger partial charge in [0.1, 0.15) is 17.1 Å². The van der Waals surface area contributed by atoms with Crippen LogP contribution in [0.4, 0.5) is 29.6 Å². The molecule has 0 saturated heterocycles. The van der Waals surface area contributed by atoms with Crippen LogP contribution in [0.2, 0.25) is 5.02 Å². The van der Waals surface area contributed by atoms with Crippen LogP contribution in [0, 0.1) is 10.1 Å². The van der Waals surface area contributed by atoms with E-state index in [0.717, 1.165) is 39.8 Å². The SMILES string of the molecule is CCOC(=O)COC(=O)c1cc(Oc2ccc(C(F)(F)F)cc2Cl)ccc1[N+](=O)[O-].COc1cc(OC)nc(NC(=O)NS(=O)(=O)c2c(-c3nnn(C)n3)cnn2C)n1. The van der Waals surface area contributed by atoms with Crippen LogP contribution in [-0.2, 0) is 44.6 Å². The Balaban J connectivity index is 0.000000261. The summed E-state index contributed by atoms with van der Waals surface area (Å²) in [5, 5.41) is 27.9. The lowest BCUT2D eigenvalue weighted by Gasteiger charge is -2.12. The summed E-state index contributed by atoms with van der Waals surface area (Å²) >= 11 is 5.81. The van der Waals surface area contributed by atoms with Crippen LogP contribution in [0.15, 0.2) is 53.7 Å². The number of nitro benzene ring substituents is 1. The molecule has 0 radical (unpaired) electrons. The molecular weight excluding hydrogens is 843 g/mol. The van der Waals surface area contributed by atoms with Gasteiger partial charge in [-0.3, -0.25) is 20.1 Å². The van der Waals surface area contributed by atoms with Gasteiger partial charge >= 0.3 is 24.1 Å². The van der Waals surface area contributed by atoms with Crippen LogP contribution in [0.1, 0.15) is 22.8 Å². The number of halogens is 4. The number of urea groups is 1. The van der Waals surface area contributed by atoms with Crippen molar-refractivity contribution in [1.82, 2.24) is 44.7 Å². The fraction of sp³-hybridized carbons (Fsp3) is 0.258. The minimum absolute atomic E-state index is 0.0299. The number of carbonyl (C=O) groups excluding carboxylic acids is 3. The van der Waals surface area contributed by atoms with Crippen LogP contribution in [0.25, 0.3) is 11.4 Å². The molecule has 2 aromatic carbocycles. The van der Waals surface area contributed by atoms with Crippen molar-refractivity contribution in [3.8, 4) is 34.6 Å². The highest BCUT2D eigenvalue weighted by Gasteiger charge is 2.32. The fourth-order valence-electron chi connectivity index (χ4n) is 4.45. The monoisotopic (exact) mass is 871 g/mol. The van der Waals surface area contributed by atoms with E-state index >= 15 is 0 Å². The van der Waals surface area contributed by atoms with Gasteiger partial charge in [-0.1, -0.05) is 11.6 Å². The second-order valence-electron chi connectivity index (χ2n) is 11.0. The van der Waals surface area contributed by atoms with Gasteiger partial charge in [-0.25, -0.2) is 19.1 Å². The lowest BCUT2D eigenvalue weighted by Crippen LogP contribution is -2.36. The normalized spacial score (nSPS) is 11.1. The maximum atomic E-state index is 12.8. The third kappa shape index (κ3) is 11.7. The number of nitrogens with zero attached hydrogens (tertiary/aromatic N) is 9. The molecule has 0 fully saturated rings. The summed E-state index contributed by atoms with van der Waals surface area (Å²) in [4.78, 5) is 54.9. The first kappa shape index (κ1) is 44.6. The topological polar surface area (TPSA) is 286 Å². The number of nitrogens with one attached hydrogen (secondary N) is 2. The summed E-state index contributed by atoms with van der Waals surface area (Å²) in [6.07, 6.45) is -3.36. The number of ether oxygens (including phenoxy) is 5. The zero-order valence-electron chi connectivity index (χ0n) is 30.9. The maximum absolute atomic E-state index is 12.8. The summed E-state index contributed by atoms with van der Waals surface area (Å²) in [6, 6.07) is 5.63. The number of aryl methyl sites for hydroxylation is 2. The first-order chi connectivity index (χ1) is 27.8. The van der Waals surface area contributed by atoms with Crippen LogP contribution in [0.5, 0.6) is 23.3 Å². The van der Waals surface area contributed by atoms with E-state index in [1.165, 1.54) is 47.5 Å². The number of nitro groups is 1. The van der Waals surface area contributed by atoms with Crippen molar-refractivity contribution < 1.29 is 64.6 Å². The van der Waals surface area contributed by atoms with Crippen molar-refractivity contribution in [2.24, 2.45) is 14.1 Å². The minimum atomic E-state index is -4.61. The van der Waals surface area contributed by atoms with Crippen molar-refractivity contribution in [3.63, 3.8) is 0 Å². The van der Waals surface area contributed by atoms with Crippen molar-refractivity contribution in [1.29, 1.82) is 0 Å². The van der Waals surface area contributed by atoms with Crippen molar-refractivity contribution in [3.05, 3.63) is 74.9 Å². The van der Waals surface area contributed by atoms with E-state index in [1.807, 2.05) is 4.72 Å². The molecular formula is C31H29ClF3N11O12S. The Morgan fingerprint density at radius 1 is 1.00 bits per heavy atom. The highest BCUT2D eigenvalue weighted by molar-refractivity contribution is 7.90. The highest BCUT2D eigenvalue weighted by atomic mass is 35.5.